The number of nitrogens with one attached hydrogen (secondary N) is 1. The van der Waals surface area contributed by atoms with E-state index in [0.717, 1.165) is 25.2 Å². The number of benzene rings is 1. The summed E-state index contributed by atoms with van der Waals surface area (Å²) in [5, 5.41) is 7.52. The number of alkyl halides is 3. The smallest absolute Gasteiger partial charge is 0.403 e. The summed E-state index contributed by atoms with van der Waals surface area (Å²) < 4.78 is 56.5. The van der Waals surface area contributed by atoms with Crippen molar-refractivity contribution in [2.75, 3.05) is 31.1 Å². The maximum atomic E-state index is 14.0. The predicted molar refractivity (Wildman–Crippen MR) is 80.0 cm³/mol. The lowest BCUT2D eigenvalue weighted by Crippen LogP contribution is -2.44. The second kappa shape index (κ2) is 5.69. The van der Waals surface area contributed by atoms with Gasteiger partial charge >= 0.3 is 6.36 Å². The van der Waals surface area contributed by atoms with Crippen LogP contribution < -0.4 is 15.0 Å². The summed E-state index contributed by atoms with van der Waals surface area (Å²) in [6, 6.07) is 1.85. The first-order valence-corrected chi connectivity index (χ1v) is 7.47. The number of ether oxygens (including phenoxy) is 1. The van der Waals surface area contributed by atoms with E-state index in [1.165, 1.54) is 10.8 Å². The topological polar surface area (TPSA) is 67.6 Å². The fourth-order valence-electron chi connectivity index (χ4n) is 2.81. The van der Waals surface area contributed by atoms with Crippen molar-refractivity contribution < 1.29 is 22.3 Å². The molecule has 132 valence electrons. The zero-order chi connectivity index (χ0) is 17.6. The van der Waals surface area contributed by atoms with E-state index in [-0.39, 0.29) is 16.6 Å². The van der Waals surface area contributed by atoms with Gasteiger partial charge < -0.3 is 15.0 Å². The van der Waals surface area contributed by atoms with E-state index in [2.05, 4.69) is 25.1 Å². The zero-order valence-electron chi connectivity index (χ0n) is 12.7. The largest absolute Gasteiger partial charge is 0.573 e. The minimum atomic E-state index is -4.99. The number of aromatic nitrogens is 4. The molecular formula is C14H12F4N6O. The van der Waals surface area contributed by atoms with Crippen molar-refractivity contribution in [2.45, 2.75) is 6.36 Å². The standard InChI is InChI=1S/C14H12F4N6O/c15-9-6-10-8(5-11(9)25-14(16,17)18)12-20-7-21-24(12)13(22-10)23-3-1-19-2-4-23/h5-7,19H,1-4H2. The third-order valence-electron chi connectivity index (χ3n) is 3.87. The molecule has 0 spiro atoms. The SMILES string of the molecule is Fc1cc2nc(N3CCNCC3)n3ncnc3c2cc1OC(F)(F)F. The highest BCUT2D eigenvalue weighted by Gasteiger charge is 2.33. The number of piperazine rings is 1. The lowest BCUT2D eigenvalue weighted by molar-refractivity contribution is -0.275. The van der Waals surface area contributed by atoms with Crippen LogP contribution in [0.15, 0.2) is 18.5 Å². The zero-order valence-corrected chi connectivity index (χ0v) is 12.7. The van der Waals surface area contributed by atoms with Crippen LogP contribution in [0.5, 0.6) is 5.75 Å². The first kappa shape index (κ1) is 15.8. The number of halogens is 4. The Balaban J connectivity index is 1.90. The highest BCUT2D eigenvalue weighted by molar-refractivity contribution is 5.93. The van der Waals surface area contributed by atoms with Crippen molar-refractivity contribution in [1.82, 2.24) is 24.9 Å². The molecule has 0 radical (unpaired) electrons. The second-order valence-electron chi connectivity index (χ2n) is 5.49. The monoisotopic (exact) mass is 356 g/mol. The van der Waals surface area contributed by atoms with Gasteiger partial charge in [0.25, 0.3) is 0 Å². The normalized spacial score (nSPS) is 15.9. The van der Waals surface area contributed by atoms with Crippen molar-refractivity contribution in [3.8, 4) is 5.75 Å². The number of anilines is 1. The molecule has 7 nitrogen and oxygen atoms in total. The van der Waals surface area contributed by atoms with E-state index in [0.29, 0.717) is 19.0 Å². The van der Waals surface area contributed by atoms with Crippen LogP contribution in [0, 0.1) is 5.82 Å². The summed E-state index contributed by atoms with van der Waals surface area (Å²) in [6.45, 7) is 2.85. The van der Waals surface area contributed by atoms with Gasteiger partial charge in [0, 0.05) is 37.6 Å². The van der Waals surface area contributed by atoms with Gasteiger partial charge in [-0.1, -0.05) is 0 Å². The Morgan fingerprint density at radius 1 is 1.16 bits per heavy atom. The van der Waals surface area contributed by atoms with Crippen LogP contribution in [-0.4, -0.2) is 52.1 Å². The van der Waals surface area contributed by atoms with Crippen LogP contribution >= 0.6 is 0 Å². The fourth-order valence-corrected chi connectivity index (χ4v) is 2.81. The Bertz CT molecular complexity index is 934. The van der Waals surface area contributed by atoms with Gasteiger partial charge in [0.2, 0.25) is 5.95 Å². The van der Waals surface area contributed by atoms with Crippen LogP contribution in [0.4, 0.5) is 23.5 Å². The highest BCUT2D eigenvalue weighted by Crippen LogP contribution is 2.31. The van der Waals surface area contributed by atoms with Crippen molar-refractivity contribution in [2.24, 2.45) is 0 Å². The molecule has 3 heterocycles. The Morgan fingerprint density at radius 3 is 2.64 bits per heavy atom. The van der Waals surface area contributed by atoms with Crippen LogP contribution in [0.3, 0.4) is 0 Å². The molecule has 0 amide bonds. The third kappa shape index (κ3) is 2.90. The van der Waals surface area contributed by atoms with Crippen LogP contribution in [0.25, 0.3) is 16.6 Å². The van der Waals surface area contributed by atoms with Gasteiger partial charge in [0.05, 0.1) is 5.52 Å². The average Bonchev–Trinajstić information content (AvgIpc) is 3.04. The summed E-state index contributed by atoms with van der Waals surface area (Å²) in [6.07, 6.45) is -3.72. The summed E-state index contributed by atoms with van der Waals surface area (Å²) in [7, 11) is 0. The van der Waals surface area contributed by atoms with E-state index in [1.54, 1.807) is 0 Å². The number of rotatable bonds is 2. The molecule has 4 rings (SSSR count). The van der Waals surface area contributed by atoms with Gasteiger partial charge in [0.1, 0.15) is 6.33 Å². The lowest BCUT2D eigenvalue weighted by Gasteiger charge is -2.28. The van der Waals surface area contributed by atoms with E-state index in [4.69, 9.17) is 0 Å². The summed E-state index contributed by atoms with van der Waals surface area (Å²) >= 11 is 0. The number of hydrogen-bond donors (Lipinski definition) is 1. The van der Waals surface area contributed by atoms with Crippen LogP contribution in [0.1, 0.15) is 0 Å². The Kier molecular flexibility index (Phi) is 3.60. The molecule has 1 aromatic carbocycles. The summed E-state index contributed by atoms with van der Waals surface area (Å²) in [5.74, 6) is -1.61. The molecule has 1 fully saturated rings. The first-order chi connectivity index (χ1) is 11.9. The third-order valence-corrected chi connectivity index (χ3v) is 3.87. The number of hydrogen-bond acceptors (Lipinski definition) is 6. The molecule has 0 bridgehead atoms. The molecule has 0 unspecified atom stereocenters. The van der Waals surface area contributed by atoms with Gasteiger partial charge in [-0.25, -0.2) is 14.4 Å². The van der Waals surface area contributed by atoms with E-state index >= 15 is 0 Å². The van der Waals surface area contributed by atoms with Gasteiger partial charge in [0.15, 0.2) is 17.2 Å². The Hall–Kier alpha value is -2.69. The maximum Gasteiger partial charge on any atom is 0.573 e. The quantitative estimate of drug-likeness (QED) is 0.706. The molecule has 25 heavy (non-hydrogen) atoms. The van der Waals surface area contributed by atoms with Crippen LogP contribution in [-0.2, 0) is 0 Å². The van der Waals surface area contributed by atoms with Crippen LogP contribution in [0.2, 0.25) is 0 Å². The summed E-state index contributed by atoms with van der Waals surface area (Å²) in [4.78, 5) is 10.4. The molecule has 2 aromatic heterocycles. The molecular weight excluding hydrogens is 344 g/mol. The number of nitrogens with zero attached hydrogens (tertiary/aromatic N) is 5. The minimum absolute atomic E-state index is 0.182. The molecule has 0 aliphatic carbocycles. The molecule has 1 N–H and O–H groups in total. The average molecular weight is 356 g/mol. The molecule has 0 saturated carbocycles. The van der Waals surface area contributed by atoms with Gasteiger partial charge in [-0.3, -0.25) is 0 Å². The molecule has 1 aliphatic rings. The van der Waals surface area contributed by atoms with Crippen molar-refractivity contribution >= 4 is 22.5 Å². The maximum absolute atomic E-state index is 14.0. The first-order valence-electron chi connectivity index (χ1n) is 7.47. The van der Waals surface area contributed by atoms with Crippen molar-refractivity contribution in [3.05, 3.63) is 24.3 Å². The van der Waals surface area contributed by atoms with Crippen molar-refractivity contribution in [3.63, 3.8) is 0 Å². The highest BCUT2D eigenvalue weighted by atomic mass is 19.4. The predicted octanol–water partition coefficient (Wildman–Crippen LogP) is 1.72. The Morgan fingerprint density at radius 2 is 1.92 bits per heavy atom. The van der Waals surface area contributed by atoms with Crippen molar-refractivity contribution in [1.29, 1.82) is 0 Å². The van der Waals surface area contributed by atoms with Gasteiger partial charge in [-0.2, -0.15) is 9.61 Å². The van der Waals surface area contributed by atoms with Gasteiger partial charge in [-0.05, 0) is 6.07 Å². The Labute approximate surface area is 138 Å². The molecule has 11 heteroatoms. The van der Waals surface area contributed by atoms with E-state index in [9.17, 15) is 17.6 Å². The number of fused-ring (bicyclic) bond motifs is 3. The fraction of sp³-hybridized carbons (Fsp3) is 0.357. The van der Waals surface area contributed by atoms with Gasteiger partial charge in [-0.15, -0.1) is 13.2 Å². The van der Waals surface area contributed by atoms with E-state index in [1.807, 2.05) is 4.90 Å². The van der Waals surface area contributed by atoms with E-state index < -0.39 is 17.9 Å². The lowest BCUT2D eigenvalue weighted by atomic mass is 10.2. The summed E-state index contributed by atoms with van der Waals surface area (Å²) in [5.41, 5.74) is 0.464. The molecule has 3 aromatic rings. The second-order valence-corrected chi connectivity index (χ2v) is 5.49. The molecule has 1 aliphatic heterocycles. The molecule has 0 atom stereocenters. The minimum Gasteiger partial charge on any atom is -0.403 e. The molecule has 1 saturated heterocycles.